The number of nitrogens with two attached hydrogens (primary N) is 1. The van der Waals surface area contributed by atoms with Gasteiger partial charge in [0.2, 0.25) is 0 Å². The van der Waals surface area contributed by atoms with Crippen molar-refractivity contribution in [3.8, 4) is 0 Å². The van der Waals surface area contributed by atoms with E-state index in [1.165, 1.54) is 21.7 Å². The van der Waals surface area contributed by atoms with Gasteiger partial charge in [0.05, 0.1) is 5.02 Å². The molecule has 2 N–H and O–H groups in total. The van der Waals surface area contributed by atoms with E-state index in [-0.39, 0.29) is 11.1 Å². The molecule has 20 heavy (non-hydrogen) atoms. The van der Waals surface area contributed by atoms with E-state index < -0.39 is 5.82 Å². The first-order valence-electron chi connectivity index (χ1n) is 6.31. The van der Waals surface area contributed by atoms with Crippen LogP contribution in [-0.4, -0.2) is 0 Å². The molecule has 0 bridgehead atoms. The summed E-state index contributed by atoms with van der Waals surface area (Å²) in [5, 5.41) is 3.47. The summed E-state index contributed by atoms with van der Waals surface area (Å²) in [4.78, 5) is 0. The van der Waals surface area contributed by atoms with E-state index in [4.69, 9.17) is 17.3 Å². The topological polar surface area (TPSA) is 26.0 Å². The number of hydrogen-bond donors (Lipinski definition) is 1. The van der Waals surface area contributed by atoms with E-state index >= 15 is 0 Å². The fourth-order valence-electron chi connectivity index (χ4n) is 2.29. The predicted molar refractivity (Wildman–Crippen MR) is 83.9 cm³/mol. The van der Waals surface area contributed by atoms with Gasteiger partial charge in [-0.3, -0.25) is 0 Å². The average molecular weight is 306 g/mol. The first-order valence-corrected chi connectivity index (χ1v) is 7.56. The molecule has 0 aliphatic carbocycles. The molecule has 2 aromatic carbocycles. The molecular weight excluding hydrogens is 293 g/mol. The molecule has 0 radical (unpaired) electrons. The van der Waals surface area contributed by atoms with Gasteiger partial charge in [-0.2, -0.15) is 0 Å². The van der Waals surface area contributed by atoms with Crippen molar-refractivity contribution in [2.45, 2.75) is 12.5 Å². The Balaban J connectivity index is 1.88. The van der Waals surface area contributed by atoms with Crippen LogP contribution in [0.25, 0.3) is 10.1 Å². The third kappa shape index (κ3) is 2.57. The number of rotatable bonds is 3. The van der Waals surface area contributed by atoms with Crippen molar-refractivity contribution in [2.75, 3.05) is 0 Å². The summed E-state index contributed by atoms with van der Waals surface area (Å²) in [7, 11) is 0. The minimum absolute atomic E-state index is 0.127. The summed E-state index contributed by atoms with van der Waals surface area (Å²) >= 11 is 7.40. The van der Waals surface area contributed by atoms with E-state index in [0.29, 0.717) is 6.42 Å². The Kier molecular flexibility index (Phi) is 3.74. The first-order chi connectivity index (χ1) is 9.65. The van der Waals surface area contributed by atoms with Crippen LogP contribution in [0.15, 0.2) is 47.8 Å². The Morgan fingerprint density at radius 2 is 2.00 bits per heavy atom. The standard InChI is InChI=1S/C16H13ClFNS/c17-13-6-5-10(7-14(13)18)15(19)8-11-9-20-16-4-2-1-3-12(11)16/h1-7,9,15H,8,19H2. The maximum absolute atomic E-state index is 13.5. The van der Waals surface area contributed by atoms with Crippen molar-refractivity contribution < 1.29 is 4.39 Å². The molecule has 1 unspecified atom stereocenters. The molecule has 0 spiro atoms. The second kappa shape index (κ2) is 5.52. The summed E-state index contributed by atoms with van der Waals surface area (Å²) in [5.41, 5.74) is 8.16. The molecule has 3 aromatic rings. The number of fused-ring (bicyclic) bond motifs is 1. The molecule has 0 amide bonds. The molecule has 4 heteroatoms. The third-order valence-corrected chi connectivity index (χ3v) is 4.69. The van der Waals surface area contributed by atoms with Gasteiger partial charge >= 0.3 is 0 Å². The largest absolute Gasteiger partial charge is 0.324 e. The van der Waals surface area contributed by atoms with Crippen molar-refractivity contribution in [3.63, 3.8) is 0 Å². The number of hydrogen-bond acceptors (Lipinski definition) is 2. The molecule has 3 rings (SSSR count). The fourth-order valence-corrected chi connectivity index (χ4v) is 3.38. The predicted octanol–water partition coefficient (Wildman–Crippen LogP) is 4.94. The van der Waals surface area contributed by atoms with Crippen LogP contribution in [0, 0.1) is 5.82 Å². The molecule has 0 aliphatic rings. The van der Waals surface area contributed by atoms with Crippen molar-refractivity contribution in [1.82, 2.24) is 0 Å². The first kappa shape index (κ1) is 13.6. The van der Waals surface area contributed by atoms with Crippen molar-refractivity contribution in [1.29, 1.82) is 0 Å². The zero-order valence-corrected chi connectivity index (χ0v) is 12.2. The Bertz CT molecular complexity index is 753. The van der Waals surface area contributed by atoms with Gasteiger partial charge in [-0.1, -0.05) is 35.9 Å². The summed E-state index contributed by atoms with van der Waals surface area (Å²) in [6.07, 6.45) is 0.686. The maximum atomic E-state index is 13.5. The van der Waals surface area contributed by atoms with Crippen LogP contribution < -0.4 is 5.73 Å². The van der Waals surface area contributed by atoms with Crippen molar-refractivity contribution >= 4 is 33.0 Å². The summed E-state index contributed by atoms with van der Waals surface area (Å²) in [6, 6.07) is 12.8. The molecule has 1 nitrogen and oxygen atoms in total. The van der Waals surface area contributed by atoms with Crippen LogP contribution in [0.5, 0.6) is 0 Å². The molecule has 102 valence electrons. The van der Waals surface area contributed by atoms with E-state index in [9.17, 15) is 4.39 Å². The minimum Gasteiger partial charge on any atom is -0.324 e. The summed E-state index contributed by atoms with van der Waals surface area (Å²) in [5.74, 6) is -0.421. The molecule has 0 saturated carbocycles. The van der Waals surface area contributed by atoms with Gasteiger partial charge in [0.25, 0.3) is 0 Å². The molecule has 1 heterocycles. The third-order valence-electron chi connectivity index (χ3n) is 3.37. The van der Waals surface area contributed by atoms with Gasteiger partial charge in [0.1, 0.15) is 5.82 Å². The SMILES string of the molecule is NC(Cc1csc2ccccc12)c1ccc(Cl)c(F)c1. The van der Waals surface area contributed by atoms with Crippen LogP contribution in [-0.2, 0) is 6.42 Å². The Morgan fingerprint density at radius 3 is 2.80 bits per heavy atom. The zero-order valence-electron chi connectivity index (χ0n) is 10.6. The lowest BCUT2D eigenvalue weighted by Gasteiger charge is -2.12. The average Bonchev–Trinajstić information content (AvgIpc) is 2.85. The lowest BCUT2D eigenvalue weighted by Crippen LogP contribution is -2.13. The molecule has 0 aliphatic heterocycles. The van der Waals surface area contributed by atoms with Crippen LogP contribution in [0.4, 0.5) is 4.39 Å². The van der Waals surface area contributed by atoms with Gasteiger partial charge in [0, 0.05) is 10.7 Å². The highest BCUT2D eigenvalue weighted by Crippen LogP contribution is 2.29. The summed E-state index contributed by atoms with van der Waals surface area (Å²) in [6.45, 7) is 0. The highest BCUT2D eigenvalue weighted by atomic mass is 35.5. The van der Waals surface area contributed by atoms with Gasteiger partial charge in [-0.25, -0.2) is 4.39 Å². The van der Waals surface area contributed by atoms with E-state index in [2.05, 4.69) is 17.5 Å². The van der Waals surface area contributed by atoms with Gasteiger partial charge in [-0.15, -0.1) is 11.3 Å². The highest BCUT2D eigenvalue weighted by molar-refractivity contribution is 7.17. The van der Waals surface area contributed by atoms with Gasteiger partial charge in [0.15, 0.2) is 0 Å². The monoisotopic (exact) mass is 305 g/mol. The van der Waals surface area contributed by atoms with Crippen molar-refractivity contribution in [2.24, 2.45) is 5.73 Å². The Morgan fingerprint density at radius 1 is 1.20 bits per heavy atom. The van der Waals surface area contributed by atoms with E-state index in [1.807, 2.05) is 12.1 Å². The van der Waals surface area contributed by atoms with Crippen LogP contribution in [0.3, 0.4) is 0 Å². The lowest BCUT2D eigenvalue weighted by molar-refractivity contribution is 0.619. The minimum atomic E-state index is -0.421. The van der Waals surface area contributed by atoms with Crippen LogP contribution in [0.1, 0.15) is 17.2 Å². The summed E-state index contributed by atoms with van der Waals surface area (Å²) < 4.78 is 14.7. The quantitative estimate of drug-likeness (QED) is 0.729. The lowest BCUT2D eigenvalue weighted by atomic mass is 9.99. The highest BCUT2D eigenvalue weighted by Gasteiger charge is 2.12. The molecule has 0 saturated heterocycles. The van der Waals surface area contributed by atoms with E-state index in [0.717, 1.165) is 5.56 Å². The molecule has 1 atom stereocenters. The Labute approximate surface area is 125 Å². The molecule has 1 aromatic heterocycles. The van der Waals surface area contributed by atoms with Crippen LogP contribution in [0.2, 0.25) is 5.02 Å². The number of halogens is 2. The second-order valence-electron chi connectivity index (χ2n) is 4.74. The molecular formula is C16H13ClFNS. The second-order valence-corrected chi connectivity index (χ2v) is 6.06. The Hall–Kier alpha value is -1.42. The van der Waals surface area contributed by atoms with E-state index in [1.54, 1.807) is 23.5 Å². The number of benzene rings is 2. The normalized spacial score (nSPS) is 12.8. The van der Waals surface area contributed by atoms with Gasteiger partial charge < -0.3 is 5.73 Å². The number of thiophene rings is 1. The molecule has 0 fully saturated rings. The van der Waals surface area contributed by atoms with Crippen LogP contribution >= 0.6 is 22.9 Å². The fraction of sp³-hybridized carbons (Fsp3) is 0.125. The zero-order chi connectivity index (χ0) is 14.1. The smallest absolute Gasteiger partial charge is 0.142 e. The maximum Gasteiger partial charge on any atom is 0.142 e. The van der Waals surface area contributed by atoms with Gasteiger partial charge in [-0.05, 0) is 46.5 Å². The van der Waals surface area contributed by atoms with Crippen molar-refractivity contribution in [3.05, 3.63) is 69.8 Å².